The fraction of sp³-hybridized carbons (Fsp3) is 0.109. The summed E-state index contributed by atoms with van der Waals surface area (Å²) in [4.78, 5) is 0. The topological polar surface area (TPSA) is 0 Å². The molecule has 101 heavy (non-hydrogen) atoms. The Morgan fingerprint density at radius 2 is 0.545 bits per heavy atom. The smallest absolute Gasteiger partial charge is 0.0159 e. The SMILES string of the molecule is Cc1ccc2c(-c3ccc(C=C(c4ccccc4)c4ccccc4)cc3)c3ccccc3c(-c3ccc4c(c3)-c3ccccc3C4(C)C)c2c1.Cc1ccc2c(-c3ccc4c(c3)C(C)(C)c3cc(-c5ccccc5)ccc3-4)c3ccccc3c(-c3ccc4c(c3)-c3ccccc3C4(C)C)c2c1. The zero-order chi connectivity index (χ0) is 68.5. The van der Waals surface area contributed by atoms with Gasteiger partial charge in [-0.15, -0.1) is 0 Å². The quantitative estimate of drug-likeness (QED) is 0.105. The molecule has 0 atom stereocenters. The lowest BCUT2D eigenvalue weighted by atomic mass is 9.79. The second kappa shape index (κ2) is 23.8. The molecule has 0 amide bonds. The molecule has 0 aromatic heterocycles. The summed E-state index contributed by atoms with van der Waals surface area (Å²) in [7, 11) is 0. The molecule has 0 heteroatoms. The lowest BCUT2D eigenvalue weighted by molar-refractivity contribution is 0.660. The first-order valence-electron chi connectivity index (χ1n) is 35.9. The second-order valence-electron chi connectivity index (χ2n) is 30.0. The van der Waals surface area contributed by atoms with E-state index in [1.165, 1.54) is 199 Å². The summed E-state index contributed by atoms with van der Waals surface area (Å²) in [5, 5.41) is 10.3. The van der Waals surface area contributed by atoms with Gasteiger partial charge in [0.05, 0.1) is 0 Å². The van der Waals surface area contributed by atoms with Crippen LogP contribution in [0.2, 0.25) is 0 Å². The first-order chi connectivity index (χ1) is 49.2. The summed E-state index contributed by atoms with van der Waals surface area (Å²) in [6.07, 6.45) is 2.31. The van der Waals surface area contributed by atoms with Gasteiger partial charge in [-0.1, -0.05) is 350 Å². The highest BCUT2D eigenvalue weighted by molar-refractivity contribution is 6.23. The minimum atomic E-state index is -0.123. The fourth-order valence-electron chi connectivity index (χ4n) is 17.8. The summed E-state index contributed by atoms with van der Waals surface area (Å²) in [6.45, 7) is 18.6. The van der Waals surface area contributed by atoms with Gasteiger partial charge in [0.2, 0.25) is 0 Å². The van der Waals surface area contributed by atoms with Gasteiger partial charge in [0.15, 0.2) is 0 Å². The van der Waals surface area contributed by atoms with Crippen molar-refractivity contribution in [2.24, 2.45) is 0 Å². The van der Waals surface area contributed by atoms with Crippen molar-refractivity contribution < 1.29 is 0 Å². The first kappa shape index (κ1) is 61.6. The van der Waals surface area contributed by atoms with E-state index in [-0.39, 0.29) is 16.2 Å². The van der Waals surface area contributed by atoms with E-state index in [4.69, 9.17) is 0 Å². The molecular formula is C101H78. The highest BCUT2D eigenvalue weighted by Gasteiger charge is 2.39. The van der Waals surface area contributed by atoms with Crippen LogP contribution < -0.4 is 0 Å². The van der Waals surface area contributed by atoms with Crippen molar-refractivity contribution in [3.8, 4) is 89.0 Å². The first-order valence-corrected chi connectivity index (χ1v) is 35.9. The Kier molecular flexibility index (Phi) is 14.5. The molecule has 0 unspecified atom stereocenters. The van der Waals surface area contributed by atoms with Gasteiger partial charge in [-0.25, -0.2) is 0 Å². The summed E-state index contributed by atoms with van der Waals surface area (Å²) in [6, 6.07) is 120. The van der Waals surface area contributed by atoms with Gasteiger partial charge in [0.25, 0.3) is 0 Å². The Morgan fingerprint density at radius 3 is 1.02 bits per heavy atom. The monoisotopic (exact) mass is 1290 g/mol. The molecule has 19 rings (SSSR count). The molecule has 3 aliphatic carbocycles. The predicted molar refractivity (Wildman–Crippen MR) is 432 cm³/mol. The molecule has 0 fully saturated rings. The summed E-state index contributed by atoms with van der Waals surface area (Å²) in [5.41, 5.74) is 36.6. The number of hydrogen-bond donors (Lipinski definition) is 0. The number of aryl methyl sites for hydroxylation is 2. The van der Waals surface area contributed by atoms with Crippen molar-refractivity contribution >= 4 is 54.7 Å². The van der Waals surface area contributed by atoms with E-state index >= 15 is 0 Å². The zero-order valence-corrected chi connectivity index (χ0v) is 58.7. The molecule has 3 aliphatic rings. The molecular weight excluding hydrogens is 1210 g/mol. The van der Waals surface area contributed by atoms with Crippen LogP contribution in [0.1, 0.15) is 103 Å². The molecule has 0 bridgehead atoms. The third kappa shape index (κ3) is 10.0. The lowest BCUT2D eigenvalue weighted by Gasteiger charge is -2.24. The van der Waals surface area contributed by atoms with Crippen LogP contribution in [0.4, 0.5) is 0 Å². The minimum Gasteiger partial charge on any atom is -0.0622 e. The average Bonchev–Trinajstić information content (AvgIpc) is 1.74. The van der Waals surface area contributed by atoms with Crippen molar-refractivity contribution in [3.05, 3.63) is 383 Å². The Morgan fingerprint density at radius 1 is 0.218 bits per heavy atom. The van der Waals surface area contributed by atoms with E-state index in [9.17, 15) is 0 Å². The van der Waals surface area contributed by atoms with Crippen molar-refractivity contribution in [2.45, 2.75) is 71.6 Å². The van der Waals surface area contributed by atoms with Crippen molar-refractivity contribution in [2.75, 3.05) is 0 Å². The van der Waals surface area contributed by atoms with Crippen molar-refractivity contribution in [1.29, 1.82) is 0 Å². The highest BCUT2D eigenvalue weighted by atomic mass is 14.4. The molecule has 482 valence electrons. The summed E-state index contributed by atoms with van der Waals surface area (Å²) in [5.74, 6) is 0. The normalized spacial score (nSPS) is 13.8. The van der Waals surface area contributed by atoms with Gasteiger partial charge >= 0.3 is 0 Å². The Labute approximate surface area is 594 Å². The van der Waals surface area contributed by atoms with E-state index in [1.807, 2.05) is 0 Å². The van der Waals surface area contributed by atoms with Gasteiger partial charge in [-0.3, -0.25) is 0 Å². The van der Waals surface area contributed by atoms with Gasteiger partial charge in [-0.2, -0.15) is 0 Å². The van der Waals surface area contributed by atoms with Crippen LogP contribution >= 0.6 is 0 Å². The third-order valence-electron chi connectivity index (χ3n) is 22.9. The zero-order valence-electron chi connectivity index (χ0n) is 58.7. The van der Waals surface area contributed by atoms with E-state index < -0.39 is 0 Å². The standard InChI is InChI=1S/C51H40.C50H38/c1-31-19-23-41-43(27-31)49(34-22-26-45-42(28-34)36-15-11-12-18-44(36)50(45,2)3)40-17-10-9-16-39(40)48(41)35-21-25-38-37-24-20-33(32-13-7-6-8-14-32)29-46(37)51(4,5)47(38)30-35;1-33-22-28-42-45(30-33)49(38-27-29-47-44(32-38)39-18-12-13-21-46(39)50(47,2)3)41-20-11-10-19-40(41)48(42)37-25-23-34(24-26-37)31-43(35-14-6-4-7-15-35)36-16-8-5-9-17-36/h6-30H,1-5H3;4-32H,1-3H3. The van der Waals surface area contributed by atoms with Crippen LogP contribution in [0.25, 0.3) is 144 Å². The maximum absolute atomic E-state index is 2.49. The van der Waals surface area contributed by atoms with Crippen molar-refractivity contribution in [3.63, 3.8) is 0 Å². The average molecular weight is 1290 g/mol. The highest BCUT2D eigenvalue weighted by Crippen LogP contribution is 2.56. The van der Waals surface area contributed by atoms with Crippen LogP contribution in [0.15, 0.2) is 322 Å². The second-order valence-corrected chi connectivity index (χ2v) is 30.0. The van der Waals surface area contributed by atoms with E-state index in [2.05, 4.69) is 383 Å². The van der Waals surface area contributed by atoms with Crippen LogP contribution in [-0.2, 0) is 16.2 Å². The van der Waals surface area contributed by atoms with Crippen LogP contribution in [-0.4, -0.2) is 0 Å². The van der Waals surface area contributed by atoms with Gasteiger partial charge in [-0.05, 0) is 232 Å². The molecule has 0 N–H and O–H groups in total. The summed E-state index contributed by atoms with van der Waals surface area (Å²) < 4.78 is 0. The summed E-state index contributed by atoms with van der Waals surface area (Å²) >= 11 is 0. The van der Waals surface area contributed by atoms with Crippen LogP contribution in [0.3, 0.4) is 0 Å². The minimum absolute atomic E-state index is 0.0145. The molecule has 0 heterocycles. The van der Waals surface area contributed by atoms with Crippen LogP contribution in [0.5, 0.6) is 0 Å². The number of hydrogen-bond acceptors (Lipinski definition) is 0. The van der Waals surface area contributed by atoms with E-state index in [0.717, 1.165) is 0 Å². The molecule has 0 saturated heterocycles. The molecule has 0 aliphatic heterocycles. The Hall–Kier alpha value is -11.7. The molecule has 0 saturated carbocycles. The van der Waals surface area contributed by atoms with E-state index in [1.54, 1.807) is 0 Å². The number of benzene rings is 16. The van der Waals surface area contributed by atoms with Crippen molar-refractivity contribution in [1.82, 2.24) is 0 Å². The molecule has 0 spiro atoms. The third-order valence-corrected chi connectivity index (χ3v) is 22.9. The maximum Gasteiger partial charge on any atom is 0.0159 e. The van der Waals surface area contributed by atoms with Gasteiger partial charge in [0.1, 0.15) is 0 Å². The predicted octanol–water partition coefficient (Wildman–Crippen LogP) is 27.4. The molecule has 0 nitrogen and oxygen atoms in total. The van der Waals surface area contributed by atoms with Gasteiger partial charge < -0.3 is 0 Å². The molecule has 0 radical (unpaired) electrons. The van der Waals surface area contributed by atoms with Crippen LogP contribution in [0, 0.1) is 13.8 Å². The van der Waals surface area contributed by atoms with E-state index in [0.29, 0.717) is 0 Å². The number of rotatable bonds is 8. The van der Waals surface area contributed by atoms with Gasteiger partial charge in [0, 0.05) is 16.2 Å². The molecule has 16 aromatic rings. The largest absolute Gasteiger partial charge is 0.0622 e. The Bertz CT molecular complexity index is 6030. The number of fused-ring (bicyclic) bond motifs is 13. The lowest BCUT2D eigenvalue weighted by Crippen LogP contribution is -2.15. The fourth-order valence-corrected chi connectivity index (χ4v) is 17.8. The Balaban J connectivity index is 0.000000145. The maximum atomic E-state index is 2.49. The molecule has 16 aromatic carbocycles.